The molecule has 3 aromatic heterocycles. The molecule has 3 rings (SSSR count). The van der Waals surface area contributed by atoms with E-state index in [-0.39, 0.29) is 23.4 Å². The summed E-state index contributed by atoms with van der Waals surface area (Å²) in [6, 6.07) is 0. The van der Waals surface area contributed by atoms with E-state index in [1.165, 1.54) is 8.97 Å². The summed E-state index contributed by atoms with van der Waals surface area (Å²) in [5, 5.41) is 7.56. The first-order valence-corrected chi connectivity index (χ1v) is 6.76. The van der Waals surface area contributed by atoms with E-state index in [4.69, 9.17) is 0 Å². The summed E-state index contributed by atoms with van der Waals surface area (Å²) < 4.78 is 41.1. The molecule has 0 aliphatic carbocycles. The van der Waals surface area contributed by atoms with E-state index in [1.807, 2.05) is 6.92 Å². The Bertz CT molecular complexity index is 903. The summed E-state index contributed by atoms with van der Waals surface area (Å²) in [5.41, 5.74) is -0.429. The van der Waals surface area contributed by atoms with Gasteiger partial charge in [-0.25, -0.2) is 14.2 Å². The summed E-state index contributed by atoms with van der Waals surface area (Å²) >= 11 is 0. The van der Waals surface area contributed by atoms with E-state index >= 15 is 0 Å². The number of hydrogen-bond acceptors (Lipinski definition) is 4. The third-order valence-corrected chi connectivity index (χ3v) is 3.41. The van der Waals surface area contributed by atoms with Gasteiger partial charge in [0, 0.05) is 6.54 Å². The van der Waals surface area contributed by atoms with E-state index in [2.05, 4.69) is 20.2 Å². The molecule has 3 heterocycles. The summed E-state index contributed by atoms with van der Waals surface area (Å²) in [4.78, 5) is 18.3. The highest BCUT2D eigenvalue weighted by Crippen LogP contribution is 2.29. The van der Waals surface area contributed by atoms with Gasteiger partial charge in [0.1, 0.15) is 11.3 Å². The predicted molar refractivity (Wildman–Crippen MR) is 71.5 cm³/mol. The van der Waals surface area contributed by atoms with E-state index in [9.17, 15) is 18.0 Å². The molecule has 0 saturated carbocycles. The molecule has 0 fully saturated rings. The van der Waals surface area contributed by atoms with Crippen LogP contribution in [-0.2, 0) is 12.7 Å². The van der Waals surface area contributed by atoms with Gasteiger partial charge in [-0.2, -0.15) is 13.2 Å². The maximum absolute atomic E-state index is 12.9. The fourth-order valence-corrected chi connectivity index (χ4v) is 2.33. The Kier molecular flexibility index (Phi) is 3.18. The van der Waals surface area contributed by atoms with Gasteiger partial charge in [0.05, 0.1) is 0 Å². The molecule has 0 unspecified atom stereocenters. The average Bonchev–Trinajstić information content (AvgIpc) is 3.02. The lowest BCUT2D eigenvalue weighted by Gasteiger charge is -2.06. The molecule has 0 atom stereocenters. The lowest BCUT2D eigenvalue weighted by Crippen LogP contribution is -2.28. The van der Waals surface area contributed by atoms with Gasteiger partial charge in [0.25, 0.3) is 0 Å². The molecule has 0 radical (unpaired) electrons. The standard InChI is InChI=1S/C12H13F3N6O/c1-3-4-5-20-8-7(16-10(17-8)12(13,14)15)9-19-18-6(2)21(9)11(20)22/h3-5H2,1-2H3,(H,16,17). The molecule has 0 aliphatic heterocycles. The fraction of sp³-hybridized carbons (Fsp3) is 0.500. The Morgan fingerprint density at radius 1 is 1.23 bits per heavy atom. The number of nitrogens with zero attached hydrogens (tertiary/aromatic N) is 5. The van der Waals surface area contributed by atoms with Crippen LogP contribution in [0.15, 0.2) is 4.79 Å². The normalized spacial score (nSPS) is 12.6. The first-order valence-electron chi connectivity index (χ1n) is 6.76. The van der Waals surface area contributed by atoms with Gasteiger partial charge in [-0.15, -0.1) is 10.2 Å². The van der Waals surface area contributed by atoms with Gasteiger partial charge in [0.15, 0.2) is 11.3 Å². The van der Waals surface area contributed by atoms with Crippen molar-refractivity contribution in [2.45, 2.75) is 39.4 Å². The summed E-state index contributed by atoms with van der Waals surface area (Å²) in [7, 11) is 0. The molecule has 1 N–H and O–H groups in total. The lowest BCUT2D eigenvalue weighted by atomic mass is 10.3. The second-order valence-electron chi connectivity index (χ2n) is 4.98. The number of imidazole rings is 1. The van der Waals surface area contributed by atoms with E-state index in [0.717, 1.165) is 6.42 Å². The highest BCUT2D eigenvalue weighted by atomic mass is 19.4. The number of H-pyrrole nitrogens is 1. The van der Waals surface area contributed by atoms with Crippen molar-refractivity contribution in [1.29, 1.82) is 0 Å². The number of alkyl halides is 3. The van der Waals surface area contributed by atoms with Crippen LogP contribution in [0.25, 0.3) is 16.8 Å². The molecule has 0 bridgehead atoms. The quantitative estimate of drug-likeness (QED) is 0.800. The SMILES string of the molecule is CCCCn1c(=O)n2c(C)nnc2c2[nH]c(C(F)(F)F)nc21. The minimum atomic E-state index is -4.63. The number of aryl methyl sites for hydroxylation is 2. The molecule has 118 valence electrons. The smallest absolute Gasteiger partial charge is 0.330 e. The minimum Gasteiger partial charge on any atom is -0.330 e. The van der Waals surface area contributed by atoms with Crippen molar-refractivity contribution in [2.24, 2.45) is 0 Å². The van der Waals surface area contributed by atoms with Crippen LogP contribution in [-0.4, -0.2) is 29.1 Å². The summed E-state index contributed by atoms with van der Waals surface area (Å²) in [6.45, 7) is 3.77. The lowest BCUT2D eigenvalue weighted by molar-refractivity contribution is -0.144. The third kappa shape index (κ3) is 2.06. The zero-order valence-corrected chi connectivity index (χ0v) is 11.9. The van der Waals surface area contributed by atoms with Crippen LogP contribution in [0.4, 0.5) is 13.2 Å². The highest BCUT2D eigenvalue weighted by Gasteiger charge is 2.36. The Morgan fingerprint density at radius 3 is 2.59 bits per heavy atom. The highest BCUT2D eigenvalue weighted by molar-refractivity contribution is 5.85. The van der Waals surface area contributed by atoms with Crippen LogP contribution in [0.5, 0.6) is 0 Å². The van der Waals surface area contributed by atoms with Crippen molar-refractivity contribution in [3.8, 4) is 0 Å². The first kappa shape index (κ1) is 14.5. The zero-order chi connectivity index (χ0) is 16.1. The van der Waals surface area contributed by atoms with Crippen LogP contribution in [0.3, 0.4) is 0 Å². The largest absolute Gasteiger partial charge is 0.449 e. The number of unbranched alkanes of at least 4 members (excludes halogenated alkanes) is 1. The van der Waals surface area contributed by atoms with Crippen LogP contribution >= 0.6 is 0 Å². The molecule has 22 heavy (non-hydrogen) atoms. The van der Waals surface area contributed by atoms with Crippen LogP contribution < -0.4 is 5.69 Å². The molecular weight excluding hydrogens is 301 g/mol. The minimum absolute atomic E-state index is 0.0493. The van der Waals surface area contributed by atoms with Crippen LogP contribution in [0, 0.1) is 6.92 Å². The number of nitrogens with one attached hydrogen (secondary N) is 1. The first-order chi connectivity index (χ1) is 10.3. The van der Waals surface area contributed by atoms with Crippen molar-refractivity contribution in [3.63, 3.8) is 0 Å². The second-order valence-corrected chi connectivity index (χ2v) is 4.98. The maximum Gasteiger partial charge on any atom is 0.449 e. The topological polar surface area (TPSA) is 80.9 Å². The maximum atomic E-state index is 12.9. The van der Waals surface area contributed by atoms with E-state index in [1.54, 1.807) is 6.92 Å². The van der Waals surface area contributed by atoms with Crippen molar-refractivity contribution in [3.05, 3.63) is 22.1 Å². The number of fused-ring (bicyclic) bond motifs is 3. The number of halogens is 3. The van der Waals surface area contributed by atoms with Gasteiger partial charge < -0.3 is 4.98 Å². The van der Waals surface area contributed by atoms with E-state index in [0.29, 0.717) is 12.2 Å². The van der Waals surface area contributed by atoms with E-state index < -0.39 is 17.7 Å². The average molecular weight is 314 g/mol. The van der Waals surface area contributed by atoms with Crippen LogP contribution in [0.2, 0.25) is 0 Å². The molecule has 0 spiro atoms. The molecule has 10 heteroatoms. The van der Waals surface area contributed by atoms with Crippen molar-refractivity contribution < 1.29 is 13.2 Å². The Hall–Kier alpha value is -2.39. The van der Waals surface area contributed by atoms with Gasteiger partial charge in [-0.1, -0.05) is 13.3 Å². The molecule has 7 nitrogen and oxygen atoms in total. The van der Waals surface area contributed by atoms with Crippen molar-refractivity contribution in [1.82, 2.24) is 29.1 Å². The number of hydrogen-bond donors (Lipinski definition) is 1. The monoisotopic (exact) mass is 314 g/mol. The molecule has 0 aromatic carbocycles. The molecule has 0 amide bonds. The predicted octanol–water partition coefficient (Wildman–Crippen LogP) is 1.89. The molecular formula is C12H13F3N6O. The third-order valence-electron chi connectivity index (χ3n) is 3.41. The number of aromatic nitrogens is 6. The second kappa shape index (κ2) is 4.82. The van der Waals surface area contributed by atoms with Gasteiger partial charge >= 0.3 is 11.9 Å². The number of rotatable bonds is 3. The fourth-order valence-electron chi connectivity index (χ4n) is 2.33. The zero-order valence-electron chi connectivity index (χ0n) is 11.9. The Balaban J connectivity index is 2.42. The van der Waals surface area contributed by atoms with Crippen LogP contribution in [0.1, 0.15) is 31.4 Å². The van der Waals surface area contributed by atoms with Gasteiger partial charge in [0.2, 0.25) is 5.82 Å². The number of aromatic amines is 1. The van der Waals surface area contributed by atoms with Crippen molar-refractivity contribution >= 4 is 16.8 Å². The molecule has 0 aliphatic rings. The molecule has 3 aromatic rings. The van der Waals surface area contributed by atoms with Crippen molar-refractivity contribution in [2.75, 3.05) is 0 Å². The Labute approximate surface area is 121 Å². The molecule has 0 saturated heterocycles. The summed E-state index contributed by atoms with van der Waals surface area (Å²) in [5.74, 6) is -0.837. The van der Waals surface area contributed by atoms with Gasteiger partial charge in [-0.3, -0.25) is 4.57 Å². The summed E-state index contributed by atoms with van der Waals surface area (Å²) in [6.07, 6.45) is -3.18. The Morgan fingerprint density at radius 2 is 1.95 bits per heavy atom. The van der Waals surface area contributed by atoms with Gasteiger partial charge in [-0.05, 0) is 13.3 Å².